The van der Waals surface area contributed by atoms with Gasteiger partial charge in [-0.3, -0.25) is 0 Å². The van der Waals surface area contributed by atoms with Crippen LogP contribution in [0, 0.1) is 0 Å². The van der Waals surface area contributed by atoms with Crippen molar-refractivity contribution in [2.75, 3.05) is 0 Å². The molecule has 1 N–H and O–H groups in total. The molecule has 0 saturated carbocycles. The molecular weight excluding hydrogens is 231 g/mol. The van der Waals surface area contributed by atoms with Gasteiger partial charge in [0.1, 0.15) is 5.75 Å². The van der Waals surface area contributed by atoms with Crippen LogP contribution < -0.4 is 10.1 Å². The quantitative estimate of drug-likeness (QED) is 0.877. The molecule has 1 aromatic carbocycles. The Morgan fingerprint density at radius 3 is 2.00 bits per heavy atom. The summed E-state index contributed by atoms with van der Waals surface area (Å²) in [6.07, 6.45) is -4.64. The third-order valence-electron chi connectivity index (χ3n) is 2.20. The Hall–Kier alpha value is -1.23. The first-order valence-corrected chi connectivity index (χ1v) is 5.39. The first-order chi connectivity index (χ1) is 7.78. The highest BCUT2D eigenvalue weighted by Crippen LogP contribution is 2.24. The molecule has 2 nitrogen and oxygen atoms in total. The standard InChI is InChI=1S/C12H16F3NO/c1-8(2)16-9(3)10-4-6-11(7-5-10)17-12(13,14)15/h4-9,16H,1-3H3/t9-/m1/s1. The van der Waals surface area contributed by atoms with E-state index in [1.807, 2.05) is 20.8 Å². The number of alkyl halides is 3. The van der Waals surface area contributed by atoms with Crippen LogP contribution in [0.3, 0.4) is 0 Å². The van der Waals surface area contributed by atoms with Gasteiger partial charge in [0.15, 0.2) is 0 Å². The predicted octanol–water partition coefficient (Wildman–Crippen LogP) is 3.64. The summed E-state index contributed by atoms with van der Waals surface area (Å²) in [4.78, 5) is 0. The van der Waals surface area contributed by atoms with Gasteiger partial charge in [-0.05, 0) is 24.6 Å². The van der Waals surface area contributed by atoms with E-state index in [0.29, 0.717) is 6.04 Å². The Kier molecular flexibility index (Phi) is 4.40. The summed E-state index contributed by atoms with van der Waals surface area (Å²) in [5, 5.41) is 3.26. The van der Waals surface area contributed by atoms with Gasteiger partial charge < -0.3 is 10.1 Å². The highest BCUT2D eigenvalue weighted by Gasteiger charge is 2.30. The van der Waals surface area contributed by atoms with Crippen LogP contribution in [0.4, 0.5) is 13.2 Å². The zero-order chi connectivity index (χ0) is 13.1. The molecule has 0 aliphatic carbocycles. The number of ether oxygens (including phenoxy) is 1. The smallest absolute Gasteiger partial charge is 0.406 e. The summed E-state index contributed by atoms with van der Waals surface area (Å²) in [5.41, 5.74) is 0.924. The fraction of sp³-hybridized carbons (Fsp3) is 0.500. The fourth-order valence-electron chi connectivity index (χ4n) is 1.55. The Bertz CT molecular complexity index is 346. The maximum absolute atomic E-state index is 11.9. The minimum Gasteiger partial charge on any atom is -0.406 e. The van der Waals surface area contributed by atoms with E-state index in [4.69, 9.17) is 0 Å². The molecule has 0 aliphatic heterocycles. The van der Waals surface area contributed by atoms with Gasteiger partial charge in [0.05, 0.1) is 0 Å². The second kappa shape index (κ2) is 5.40. The van der Waals surface area contributed by atoms with Crippen molar-refractivity contribution < 1.29 is 17.9 Å². The number of benzene rings is 1. The van der Waals surface area contributed by atoms with Crippen LogP contribution in [-0.2, 0) is 0 Å². The molecule has 1 aromatic rings. The first-order valence-electron chi connectivity index (χ1n) is 5.39. The summed E-state index contributed by atoms with van der Waals surface area (Å²) in [6, 6.07) is 6.30. The van der Waals surface area contributed by atoms with Crippen LogP contribution in [0.25, 0.3) is 0 Å². The lowest BCUT2D eigenvalue weighted by molar-refractivity contribution is -0.274. The summed E-state index contributed by atoms with van der Waals surface area (Å²) < 4.78 is 39.6. The van der Waals surface area contributed by atoms with Gasteiger partial charge in [0, 0.05) is 12.1 Å². The average molecular weight is 247 g/mol. The summed E-state index contributed by atoms with van der Waals surface area (Å²) in [5.74, 6) is -0.196. The van der Waals surface area contributed by atoms with E-state index in [1.165, 1.54) is 12.1 Å². The molecule has 0 aliphatic rings. The normalized spacial score (nSPS) is 13.8. The number of hydrogen-bond donors (Lipinski definition) is 1. The molecule has 0 fully saturated rings. The van der Waals surface area contributed by atoms with Crippen molar-refractivity contribution in [2.45, 2.75) is 39.2 Å². The molecule has 1 rings (SSSR count). The zero-order valence-corrected chi connectivity index (χ0v) is 10.0. The zero-order valence-electron chi connectivity index (χ0n) is 10.0. The van der Waals surface area contributed by atoms with Crippen LogP contribution >= 0.6 is 0 Å². The van der Waals surface area contributed by atoms with Crippen LogP contribution in [-0.4, -0.2) is 12.4 Å². The molecule has 0 heterocycles. The Morgan fingerprint density at radius 2 is 1.59 bits per heavy atom. The van der Waals surface area contributed by atoms with Crippen molar-refractivity contribution in [3.05, 3.63) is 29.8 Å². The second-order valence-electron chi connectivity index (χ2n) is 4.16. The predicted molar refractivity (Wildman–Crippen MR) is 59.8 cm³/mol. The molecule has 96 valence electrons. The molecule has 0 saturated heterocycles. The molecule has 0 unspecified atom stereocenters. The van der Waals surface area contributed by atoms with Gasteiger partial charge in [-0.25, -0.2) is 0 Å². The molecule has 1 atom stereocenters. The molecule has 0 bridgehead atoms. The van der Waals surface area contributed by atoms with Crippen molar-refractivity contribution in [1.29, 1.82) is 0 Å². The third-order valence-corrected chi connectivity index (χ3v) is 2.20. The van der Waals surface area contributed by atoms with Gasteiger partial charge >= 0.3 is 6.36 Å². The number of halogens is 3. The van der Waals surface area contributed by atoms with Crippen molar-refractivity contribution in [2.24, 2.45) is 0 Å². The molecule has 17 heavy (non-hydrogen) atoms. The molecule has 0 spiro atoms. The van der Waals surface area contributed by atoms with E-state index in [2.05, 4.69) is 10.1 Å². The van der Waals surface area contributed by atoms with Crippen LogP contribution in [0.2, 0.25) is 0 Å². The maximum Gasteiger partial charge on any atom is 0.573 e. The second-order valence-corrected chi connectivity index (χ2v) is 4.16. The maximum atomic E-state index is 11.9. The molecular formula is C12H16F3NO. The number of nitrogens with one attached hydrogen (secondary N) is 1. The Morgan fingerprint density at radius 1 is 1.06 bits per heavy atom. The van der Waals surface area contributed by atoms with Crippen LogP contribution in [0.5, 0.6) is 5.75 Å². The first kappa shape index (κ1) is 13.8. The summed E-state index contributed by atoms with van der Waals surface area (Å²) in [6.45, 7) is 5.98. The lowest BCUT2D eigenvalue weighted by atomic mass is 10.1. The molecule has 0 aromatic heterocycles. The lowest BCUT2D eigenvalue weighted by Gasteiger charge is -2.17. The van der Waals surface area contributed by atoms with Crippen molar-refractivity contribution >= 4 is 0 Å². The number of hydrogen-bond acceptors (Lipinski definition) is 2. The molecule has 5 heteroatoms. The van der Waals surface area contributed by atoms with Gasteiger partial charge in [0.2, 0.25) is 0 Å². The minimum atomic E-state index is -4.64. The van der Waals surface area contributed by atoms with Crippen molar-refractivity contribution in [3.63, 3.8) is 0 Å². The summed E-state index contributed by atoms with van der Waals surface area (Å²) in [7, 11) is 0. The van der Waals surface area contributed by atoms with Gasteiger partial charge in [-0.1, -0.05) is 26.0 Å². The third kappa shape index (κ3) is 5.08. The minimum absolute atomic E-state index is 0.0925. The Labute approximate surface area is 98.8 Å². The van der Waals surface area contributed by atoms with E-state index in [9.17, 15) is 13.2 Å². The van der Waals surface area contributed by atoms with E-state index in [1.54, 1.807) is 12.1 Å². The van der Waals surface area contributed by atoms with Crippen molar-refractivity contribution in [3.8, 4) is 5.75 Å². The summed E-state index contributed by atoms with van der Waals surface area (Å²) >= 11 is 0. The molecule has 0 radical (unpaired) electrons. The van der Waals surface area contributed by atoms with Gasteiger partial charge in [-0.15, -0.1) is 13.2 Å². The Balaban J connectivity index is 2.67. The van der Waals surface area contributed by atoms with E-state index in [-0.39, 0.29) is 11.8 Å². The lowest BCUT2D eigenvalue weighted by Crippen LogP contribution is -2.26. The fourth-order valence-corrected chi connectivity index (χ4v) is 1.55. The topological polar surface area (TPSA) is 21.3 Å². The highest BCUT2D eigenvalue weighted by molar-refractivity contribution is 5.29. The van der Waals surface area contributed by atoms with Crippen LogP contribution in [0.1, 0.15) is 32.4 Å². The van der Waals surface area contributed by atoms with Gasteiger partial charge in [-0.2, -0.15) is 0 Å². The molecule has 0 amide bonds. The van der Waals surface area contributed by atoms with Crippen molar-refractivity contribution in [1.82, 2.24) is 5.32 Å². The van der Waals surface area contributed by atoms with E-state index < -0.39 is 6.36 Å². The largest absolute Gasteiger partial charge is 0.573 e. The van der Waals surface area contributed by atoms with Crippen LogP contribution in [0.15, 0.2) is 24.3 Å². The van der Waals surface area contributed by atoms with Gasteiger partial charge in [0.25, 0.3) is 0 Å². The average Bonchev–Trinajstić information content (AvgIpc) is 2.15. The van der Waals surface area contributed by atoms with E-state index >= 15 is 0 Å². The SMILES string of the molecule is CC(C)N[C@H](C)c1ccc(OC(F)(F)F)cc1. The number of rotatable bonds is 4. The monoisotopic (exact) mass is 247 g/mol. The van der Waals surface area contributed by atoms with E-state index in [0.717, 1.165) is 5.56 Å². The highest BCUT2D eigenvalue weighted by atomic mass is 19.4.